The first-order valence-corrected chi connectivity index (χ1v) is 6.91. The van der Waals surface area contributed by atoms with Crippen LogP contribution in [0.4, 0.5) is 10.5 Å². The predicted molar refractivity (Wildman–Crippen MR) is 76.5 cm³/mol. The van der Waals surface area contributed by atoms with Crippen LogP contribution in [-0.4, -0.2) is 43.2 Å². The molecule has 2 fully saturated rings. The molecule has 1 aromatic rings. The molecule has 0 saturated carbocycles. The second-order valence-corrected chi connectivity index (χ2v) is 5.59. The van der Waals surface area contributed by atoms with Gasteiger partial charge in [-0.05, 0) is 37.1 Å². The first-order chi connectivity index (χ1) is 9.64. The molecule has 5 nitrogen and oxygen atoms in total. The van der Waals surface area contributed by atoms with Crippen LogP contribution >= 0.6 is 0 Å². The number of nitrogens with one attached hydrogen (secondary N) is 1. The highest BCUT2D eigenvalue weighted by molar-refractivity contribution is 5.77. The van der Waals surface area contributed by atoms with E-state index in [-0.39, 0.29) is 11.6 Å². The van der Waals surface area contributed by atoms with Crippen LogP contribution in [0.2, 0.25) is 0 Å². The summed E-state index contributed by atoms with van der Waals surface area (Å²) in [4.78, 5) is 15.8. The molecular weight excluding hydrogens is 252 g/mol. The van der Waals surface area contributed by atoms with Gasteiger partial charge in [0.1, 0.15) is 0 Å². The largest absolute Gasteiger partial charge is 0.371 e. The van der Waals surface area contributed by atoms with Gasteiger partial charge in [-0.2, -0.15) is 5.26 Å². The third kappa shape index (κ3) is 1.97. The van der Waals surface area contributed by atoms with E-state index in [9.17, 15) is 4.79 Å². The lowest BCUT2D eigenvalue weighted by Crippen LogP contribution is -2.53. The summed E-state index contributed by atoms with van der Waals surface area (Å²) in [6.45, 7) is 2.62. The number of benzene rings is 1. The Kier molecular flexibility index (Phi) is 3.01. The molecule has 0 bridgehead atoms. The summed E-state index contributed by atoms with van der Waals surface area (Å²) >= 11 is 0. The Morgan fingerprint density at radius 2 is 1.90 bits per heavy atom. The summed E-state index contributed by atoms with van der Waals surface area (Å²) in [6, 6.07) is 9.88. The quantitative estimate of drug-likeness (QED) is 0.842. The van der Waals surface area contributed by atoms with Crippen LogP contribution in [0.1, 0.15) is 18.4 Å². The Morgan fingerprint density at radius 1 is 1.25 bits per heavy atom. The van der Waals surface area contributed by atoms with E-state index < -0.39 is 0 Å². The Bertz CT molecular complexity index is 552. The Balaban J connectivity index is 1.69. The number of hydrogen-bond donors (Lipinski definition) is 1. The van der Waals surface area contributed by atoms with Crippen LogP contribution in [-0.2, 0) is 0 Å². The highest BCUT2D eigenvalue weighted by Crippen LogP contribution is 2.32. The van der Waals surface area contributed by atoms with Crippen molar-refractivity contribution in [2.24, 2.45) is 0 Å². The lowest BCUT2D eigenvalue weighted by Gasteiger charge is -2.43. The molecule has 1 N–H and O–H groups in total. The predicted octanol–water partition coefficient (Wildman–Crippen LogP) is 1.55. The normalized spacial score (nSPS) is 20.9. The van der Waals surface area contributed by atoms with Crippen molar-refractivity contribution < 1.29 is 4.79 Å². The lowest BCUT2D eigenvalue weighted by atomic mass is 9.87. The van der Waals surface area contributed by atoms with Gasteiger partial charge in [-0.3, -0.25) is 0 Å². The number of piperidine rings is 1. The fourth-order valence-corrected chi connectivity index (χ4v) is 3.13. The van der Waals surface area contributed by atoms with Crippen molar-refractivity contribution in [1.29, 1.82) is 5.26 Å². The van der Waals surface area contributed by atoms with E-state index >= 15 is 0 Å². The zero-order valence-corrected chi connectivity index (χ0v) is 11.6. The van der Waals surface area contributed by atoms with Crippen molar-refractivity contribution in [1.82, 2.24) is 10.2 Å². The Hall–Kier alpha value is -2.22. The molecule has 0 aliphatic carbocycles. The minimum absolute atomic E-state index is 0.0137. The Morgan fingerprint density at radius 3 is 2.40 bits per heavy atom. The van der Waals surface area contributed by atoms with Crippen LogP contribution in [0, 0.1) is 11.3 Å². The topological polar surface area (TPSA) is 59.4 Å². The number of urea groups is 1. The maximum absolute atomic E-state index is 11.6. The van der Waals surface area contributed by atoms with Crippen LogP contribution in [0.25, 0.3) is 0 Å². The van der Waals surface area contributed by atoms with Gasteiger partial charge in [0, 0.05) is 32.4 Å². The van der Waals surface area contributed by atoms with Crippen molar-refractivity contribution in [3.63, 3.8) is 0 Å². The smallest absolute Gasteiger partial charge is 0.317 e. The van der Waals surface area contributed by atoms with Crippen molar-refractivity contribution >= 4 is 11.7 Å². The van der Waals surface area contributed by atoms with E-state index in [4.69, 9.17) is 5.26 Å². The third-order valence-corrected chi connectivity index (χ3v) is 4.64. The number of rotatable bonds is 1. The van der Waals surface area contributed by atoms with Crippen molar-refractivity contribution in [2.45, 2.75) is 18.4 Å². The average Bonchev–Trinajstić information content (AvgIpc) is 2.77. The fraction of sp³-hybridized carbons (Fsp3) is 0.467. The van der Waals surface area contributed by atoms with Crippen LogP contribution < -0.4 is 10.2 Å². The molecule has 20 heavy (non-hydrogen) atoms. The molecule has 2 heterocycles. The van der Waals surface area contributed by atoms with Crippen molar-refractivity contribution in [3.8, 4) is 6.07 Å². The molecule has 3 rings (SSSR count). The highest BCUT2D eigenvalue weighted by Gasteiger charge is 2.44. The molecule has 2 saturated heterocycles. The molecule has 2 aliphatic rings. The second-order valence-electron chi connectivity index (χ2n) is 5.59. The van der Waals surface area contributed by atoms with E-state index in [1.165, 1.54) is 0 Å². The van der Waals surface area contributed by atoms with E-state index in [1.54, 1.807) is 0 Å². The van der Waals surface area contributed by atoms with Gasteiger partial charge in [0.05, 0.1) is 17.2 Å². The second kappa shape index (κ2) is 4.71. The number of nitriles is 1. The molecule has 1 aromatic carbocycles. The maximum atomic E-state index is 11.6. The molecular formula is C15H18N4O. The molecule has 5 heteroatoms. The van der Waals surface area contributed by atoms with Crippen LogP contribution in [0.15, 0.2) is 24.3 Å². The minimum Gasteiger partial charge on any atom is -0.371 e. The molecule has 0 atom stereocenters. The SMILES string of the molecule is CN1C(=O)NCC12CCN(c1ccc(C#N)cc1)CC2. The summed E-state index contributed by atoms with van der Waals surface area (Å²) in [5.74, 6) is 0. The molecule has 0 aromatic heterocycles. The number of likely N-dealkylation sites (N-methyl/N-ethyl adjacent to an activating group) is 1. The number of amides is 2. The zero-order chi connectivity index (χ0) is 14.2. The first-order valence-electron chi connectivity index (χ1n) is 6.91. The summed E-state index contributed by atoms with van der Waals surface area (Å²) in [6.07, 6.45) is 1.95. The fourth-order valence-electron chi connectivity index (χ4n) is 3.13. The number of carbonyl (C=O) groups is 1. The average molecular weight is 270 g/mol. The van der Waals surface area contributed by atoms with E-state index in [2.05, 4.69) is 16.3 Å². The van der Waals surface area contributed by atoms with Crippen LogP contribution in [0.3, 0.4) is 0 Å². The zero-order valence-electron chi connectivity index (χ0n) is 11.6. The maximum Gasteiger partial charge on any atom is 0.317 e. The first kappa shape index (κ1) is 12.8. The van der Waals surface area contributed by atoms with Gasteiger partial charge in [0.25, 0.3) is 0 Å². The van der Waals surface area contributed by atoms with Crippen LogP contribution in [0.5, 0.6) is 0 Å². The van der Waals surface area contributed by atoms with Gasteiger partial charge in [-0.15, -0.1) is 0 Å². The van der Waals surface area contributed by atoms with Gasteiger partial charge in [-0.1, -0.05) is 0 Å². The monoisotopic (exact) mass is 270 g/mol. The summed E-state index contributed by atoms with van der Waals surface area (Å²) in [5.41, 5.74) is 1.83. The number of anilines is 1. The van der Waals surface area contributed by atoms with Gasteiger partial charge in [-0.25, -0.2) is 4.79 Å². The molecule has 104 valence electrons. The number of carbonyl (C=O) groups excluding carboxylic acids is 1. The van der Waals surface area contributed by atoms with E-state index in [0.29, 0.717) is 5.56 Å². The van der Waals surface area contributed by atoms with Gasteiger partial charge in [0.2, 0.25) is 0 Å². The summed E-state index contributed by atoms with van der Waals surface area (Å²) < 4.78 is 0. The molecule has 2 aliphatic heterocycles. The summed E-state index contributed by atoms with van der Waals surface area (Å²) in [7, 11) is 1.89. The van der Waals surface area contributed by atoms with Gasteiger partial charge in [0.15, 0.2) is 0 Å². The highest BCUT2D eigenvalue weighted by atomic mass is 16.2. The van der Waals surface area contributed by atoms with Gasteiger partial charge < -0.3 is 15.1 Å². The van der Waals surface area contributed by atoms with Crippen molar-refractivity contribution in [3.05, 3.63) is 29.8 Å². The minimum atomic E-state index is -0.0137. The molecule has 0 radical (unpaired) electrons. The standard InChI is InChI=1S/C15H18N4O/c1-18-14(20)17-11-15(18)6-8-19(9-7-15)13-4-2-12(10-16)3-5-13/h2-5H,6-9,11H2,1H3,(H,17,20). The molecule has 0 unspecified atom stereocenters. The lowest BCUT2D eigenvalue weighted by molar-refractivity contribution is 0.155. The number of nitrogens with zero attached hydrogens (tertiary/aromatic N) is 3. The van der Waals surface area contributed by atoms with Gasteiger partial charge >= 0.3 is 6.03 Å². The summed E-state index contributed by atoms with van der Waals surface area (Å²) in [5, 5.41) is 11.8. The van der Waals surface area contributed by atoms with E-state index in [0.717, 1.165) is 38.2 Å². The molecule has 1 spiro atoms. The van der Waals surface area contributed by atoms with Crippen molar-refractivity contribution in [2.75, 3.05) is 31.6 Å². The third-order valence-electron chi connectivity index (χ3n) is 4.64. The van der Waals surface area contributed by atoms with E-state index in [1.807, 2.05) is 36.2 Å². The number of hydrogen-bond acceptors (Lipinski definition) is 3. The Labute approximate surface area is 118 Å². The molecule has 2 amide bonds.